The molecule has 2 aromatic rings. The first-order valence-electron chi connectivity index (χ1n) is 9.38. The van der Waals surface area contributed by atoms with Gasteiger partial charge in [0, 0.05) is 0 Å². The summed E-state index contributed by atoms with van der Waals surface area (Å²) in [6.45, 7) is 11.0. The largest absolute Gasteiger partial charge is 4.00 e. The summed E-state index contributed by atoms with van der Waals surface area (Å²) in [6, 6.07) is 8.75. The number of allylic oxidation sites excluding steroid dienone is 1. The normalized spacial score (nSPS) is 17.1. The molecule has 0 bridgehead atoms. The van der Waals surface area contributed by atoms with Gasteiger partial charge in [0.05, 0.1) is 0 Å². The van der Waals surface area contributed by atoms with E-state index >= 15 is 0 Å². The van der Waals surface area contributed by atoms with Crippen molar-refractivity contribution in [3.8, 4) is 0 Å². The molecule has 0 radical (unpaired) electrons. The molecule has 4 rings (SSSR count). The van der Waals surface area contributed by atoms with Gasteiger partial charge in [-0.1, -0.05) is 84.4 Å². The molecule has 0 aliphatic heterocycles. The van der Waals surface area contributed by atoms with E-state index in [1.165, 1.54) is 64.6 Å². The van der Waals surface area contributed by atoms with Gasteiger partial charge in [-0.05, 0) is 5.92 Å². The van der Waals surface area contributed by atoms with Crippen LogP contribution in [0.2, 0.25) is 0 Å². The first kappa shape index (κ1) is 26.8. The Bertz CT molecular complexity index is 672. The number of hydrogen-bond donors (Lipinski definition) is 0. The number of hydrogen-bond acceptors (Lipinski definition) is 0. The van der Waals surface area contributed by atoms with Gasteiger partial charge in [-0.3, -0.25) is 6.08 Å². The molecule has 2 aliphatic rings. The topological polar surface area (TPSA) is 0 Å². The Kier molecular flexibility index (Phi) is 11.6. The molecule has 0 nitrogen and oxygen atoms in total. The predicted molar refractivity (Wildman–Crippen MR) is 105 cm³/mol. The fraction of sp³-hybridized carbons (Fsp3) is 0.458. The van der Waals surface area contributed by atoms with Crippen molar-refractivity contribution in [1.29, 1.82) is 0 Å². The number of fused-ring (bicyclic) bond motifs is 1. The molecule has 1 saturated carbocycles. The van der Waals surface area contributed by atoms with E-state index in [4.69, 9.17) is 0 Å². The van der Waals surface area contributed by atoms with Crippen molar-refractivity contribution in [2.75, 3.05) is 0 Å². The Balaban J connectivity index is 0.000000473. The van der Waals surface area contributed by atoms with E-state index in [0.29, 0.717) is 5.92 Å². The minimum Gasteiger partial charge on any atom is -1.00 e. The Morgan fingerprint density at radius 3 is 1.89 bits per heavy atom. The minimum absolute atomic E-state index is 0. The molecule has 0 aromatic heterocycles. The van der Waals surface area contributed by atoms with Crippen molar-refractivity contribution in [1.82, 2.24) is 0 Å². The van der Waals surface area contributed by atoms with Gasteiger partial charge in [-0.25, -0.2) is 6.08 Å². The molecule has 1 fully saturated rings. The number of halogens is 2. The summed E-state index contributed by atoms with van der Waals surface area (Å²) >= 11 is 0. The molecular formula is C24H30Cl2Hf. The molecule has 27 heavy (non-hydrogen) atoms. The third-order valence-corrected chi connectivity index (χ3v) is 6.43. The summed E-state index contributed by atoms with van der Waals surface area (Å²) in [4.78, 5) is 0. The van der Waals surface area contributed by atoms with Crippen LogP contribution in [0.15, 0.2) is 24.3 Å². The molecule has 0 heterocycles. The third kappa shape index (κ3) is 5.64. The van der Waals surface area contributed by atoms with E-state index < -0.39 is 0 Å². The zero-order valence-corrected chi connectivity index (χ0v) is 22.2. The maximum atomic E-state index is 3.54. The molecule has 0 spiro atoms. The Labute approximate surface area is 197 Å². The van der Waals surface area contributed by atoms with Crippen LogP contribution < -0.4 is 24.8 Å². The van der Waals surface area contributed by atoms with Crippen molar-refractivity contribution in [2.24, 2.45) is 5.92 Å². The minimum atomic E-state index is 0. The monoisotopic (exact) mass is 568 g/mol. The zero-order valence-electron chi connectivity index (χ0n) is 17.1. The van der Waals surface area contributed by atoms with Gasteiger partial charge in [0.2, 0.25) is 0 Å². The molecule has 1 atom stereocenters. The van der Waals surface area contributed by atoms with E-state index in [1.807, 2.05) is 0 Å². The van der Waals surface area contributed by atoms with Gasteiger partial charge in [-0.2, -0.15) is 33.4 Å². The summed E-state index contributed by atoms with van der Waals surface area (Å²) in [5.41, 5.74) is 10.2. The van der Waals surface area contributed by atoms with Crippen LogP contribution in [0.4, 0.5) is 0 Å². The van der Waals surface area contributed by atoms with E-state index in [2.05, 4.69) is 71.0 Å². The summed E-state index contributed by atoms with van der Waals surface area (Å²) in [5.74, 6) is 1.48. The maximum absolute atomic E-state index is 3.54. The van der Waals surface area contributed by atoms with Gasteiger partial charge in [-0.15, -0.1) is 11.6 Å². The van der Waals surface area contributed by atoms with Gasteiger partial charge in [0.25, 0.3) is 0 Å². The zero-order chi connectivity index (χ0) is 17.3. The summed E-state index contributed by atoms with van der Waals surface area (Å²) in [6.07, 6.45) is 11.4. The van der Waals surface area contributed by atoms with Gasteiger partial charge in [0.15, 0.2) is 0 Å². The smallest absolute Gasteiger partial charge is 1.00 e. The molecule has 0 saturated heterocycles. The molecule has 3 heteroatoms. The second-order valence-electron chi connectivity index (χ2n) is 7.59. The number of rotatable bonds is 1. The Morgan fingerprint density at radius 1 is 0.889 bits per heavy atom. The van der Waals surface area contributed by atoms with E-state index in [9.17, 15) is 0 Å². The molecule has 0 amide bonds. The SMILES string of the molecule is Cc1c(C)c(C)[c-](C)c1C.[C-]1=Cc2ccccc2C1C1CCCC1.[Cl-].[Cl-].[Hf+4]. The van der Waals surface area contributed by atoms with Crippen LogP contribution >= 0.6 is 0 Å². The van der Waals surface area contributed by atoms with Gasteiger partial charge >= 0.3 is 25.8 Å². The second-order valence-corrected chi connectivity index (χ2v) is 7.59. The van der Waals surface area contributed by atoms with Crippen molar-refractivity contribution in [2.45, 2.75) is 66.2 Å². The number of benzene rings is 1. The van der Waals surface area contributed by atoms with Gasteiger partial charge < -0.3 is 24.8 Å². The van der Waals surface area contributed by atoms with Crippen LogP contribution in [0.25, 0.3) is 6.08 Å². The van der Waals surface area contributed by atoms with Crippen LogP contribution in [0.5, 0.6) is 0 Å². The standard InChI is InChI=1S/C14H15.C10H15.2ClH.Hf/c1-2-6-11(5-1)14-10-9-12-7-3-4-8-13(12)14;1-6-7(2)9(4)10(5)8(6)3;;;/h3-4,7-9,11,14H,1-2,5-6H2;1-5H3;2*1H;/q2*-1;;;+4/p-2. The fourth-order valence-corrected chi connectivity index (χ4v) is 4.28. The average Bonchev–Trinajstić information content (AvgIpc) is 3.30. The van der Waals surface area contributed by atoms with E-state index in [0.717, 1.165) is 5.92 Å². The van der Waals surface area contributed by atoms with Crippen LogP contribution in [-0.2, 0) is 25.8 Å². The van der Waals surface area contributed by atoms with Crippen molar-refractivity contribution in [3.05, 3.63) is 69.3 Å². The van der Waals surface area contributed by atoms with Crippen LogP contribution in [0.1, 0.15) is 70.5 Å². The summed E-state index contributed by atoms with van der Waals surface area (Å²) in [5, 5.41) is 0. The van der Waals surface area contributed by atoms with E-state index in [1.54, 1.807) is 0 Å². The van der Waals surface area contributed by atoms with Crippen molar-refractivity contribution in [3.63, 3.8) is 0 Å². The summed E-state index contributed by atoms with van der Waals surface area (Å²) < 4.78 is 0. The van der Waals surface area contributed by atoms with Crippen molar-refractivity contribution >= 4 is 6.08 Å². The van der Waals surface area contributed by atoms with Crippen molar-refractivity contribution < 1.29 is 50.7 Å². The average molecular weight is 568 g/mol. The second kappa shape index (κ2) is 11.7. The predicted octanol–water partition coefficient (Wildman–Crippen LogP) is 0.743. The molecule has 2 aromatic carbocycles. The molecule has 144 valence electrons. The molecule has 2 aliphatic carbocycles. The first-order chi connectivity index (χ1) is 11.5. The Morgan fingerprint density at radius 2 is 1.41 bits per heavy atom. The third-order valence-electron chi connectivity index (χ3n) is 6.43. The Hall–Kier alpha value is -0.240. The first-order valence-corrected chi connectivity index (χ1v) is 9.38. The fourth-order valence-electron chi connectivity index (χ4n) is 4.28. The maximum Gasteiger partial charge on any atom is 4.00 e. The van der Waals surface area contributed by atoms with Gasteiger partial charge in [0.1, 0.15) is 0 Å². The molecule has 0 N–H and O–H groups in total. The molecular weight excluding hydrogens is 538 g/mol. The van der Waals surface area contributed by atoms with Crippen LogP contribution in [0, 0.1) is 46.6 Å². The van der Waals surface area contributed by atoms with Crippen LogP contribution in [-0.4, -0.2) is 0 Å². The quantitative estimate of drug-likeness (QED) is 0.353. The van der Waals surface area contributed by atoms with Crippen LogP contribution in [0.3, 0.4) is 0 Å². The van der Waals surface area contributed by atoms with E-state index in [-0.39, 0.29) is 50.7 Å². The summed E-state index contributed by atoms with van der Waals surface area (Å²) in [7, 11) is 0. The molecule has 1 unspecified atom stereocenters.